The van der Waals surface area contributed by atoms with Gasteiger partial charge in [0.15, 0.2) is 11.2 Å². The van der Waals surface area contributed by atoms with Gasteiger partial charge in [0.1, 0.15) is 22.3 Å². The third-order valence-electron chi connectivity index (χ3n) is 7.66. The first-order valence-electron chi connectivity index (χ1n) is 12.8. The van der Waals surface area contributed by atoms with Gasteiger partial charge in [-0.1, -0.05) is 23.7 Å². The van der Waals surface area contributed by atoms with Crippen molar-refractivity contribution in [2.75, 3.05) is 19.8 Å². The molecule has 41 heavy (non-hydrogen) atoms. The van der Waals surface area contributed by atoms with Crippen molar-refractivity contribution in [1.82, 2.24) is 18.9 Å². The number of carboxylic acids is 1. The molecule has 2 aromatic heterocycles. The van der Waals surface area contributed by atoms with Gasteiger partial charge < -0.3 is 14.6 Å². The van der Waals surface area contributed by atoms with Crippen LogP contribution in [0.25, 0.3) is 5.65 Å². The molecule has 2 aromatic carbocycles. The summed E-state index contributed by atoms with van der Waals surface area (Å²) in [7, 11) is -4.19. The van der Waals surface area contributed by atoms with Gasteiger partial charge in [0.05, 0.1) is 26.2 Å². The molecule has 1 spiro atoms. The van der Waals surface area contributed by atoms with E-state index in [9.17, 15) is 22.7 Å². The second kappa shape index (κ2) is 10.1. The number of aryl methyl sites for hydroxylation is 2. The topological polar surface area (TPSA) is 123 Å². The van der Waals surface area contributed by atoms with Crippen molar-refractivity contribution >= 4 is 33.2 Å². The zero-order valence-electron chi connectivity index (χ0n) is 22.2. The summed E-state index contributed by atoms with van der Waals surface area (Å²) in [5.74, 6) is -1.51. The minimum absolute atomic E-state index is 0.0350. The van der Waals surface area contributed by atoms with Gasteiger partial charge in [-0.2, -0.15) is 4.31 Å². The number of carbonyl (C=O) groups is 1. The van der Waals surface area contributed by atoms with E-state index in [0.29, 0.717) is 27.6 Å². The lowest BCUT2D eigenvalue weighted by Crippen LogP contribution is -2.60. The standard InChI is InChI=1S/C28H26ClFN4O6S/c1-16-21(7-8-34-17(2)31-32-27(16)34)22(11-26(35)36)18-3-5-23(29)19(9-18)12-33-13-28(14-39-15-28)40-24-6-4-20(30)10-25(24)41(33,37)38/h3-10,22H,11-15H2,1-2H3,(H,35,36)/t22-/m0/s1. The van der Waals surface area contributed by atoms with Gasteiger partial charge in [0.25, 0.3) is 0 Å². The van der Waals surface area contributed by atoms with E-state index in [0.717, 1.165) is 23.3 Å². The van der Waals surface area contributed by atoms with E-state index in [1.165, 1.54) is 10.4 Å². The van der Waals surface area contributed by atoms with E-state index in [-0.39, 0.29) is 43.4 Å². The number of nitrogens with zero attached hydrogens (tertiary/aromatic N) is 4. The molecule has 4 heterocycles. The van der Waals surface area contributed by atoms with Gasteiger partial charge in [0, 0.05) is 23.7 Å². The molecule has 6 rings (SSSR count). The predicted molar refractivity (Wildman–Crippen MR) is 146 cm³/mol. The summed E-state index contributed by atoms with van der Waals surface area (Å²) in [6.07, 6.45) is 1.59. The molecule has 2 aliphatic heterocycles. The summed E-state index contributed by atoms with van der Waals surface area (Å²) in [6.45, 7) is 3.87. The van der Waals surface area contributed by atoms with Crippen LogP contribution in [-0.2, 0) is 26.1 Å². The first-order valence-corrected chi connectivity index (χ1v) is 14.7. The Morgan fingerprint density at radius 2 is 1.95 bits per heavy atom. The molecule has 13 heteroatoms. The molecule has 0 amide bonds. The quantitative estimate of drug-likeness (QED) is 0.351. The smallest absolute Gasteiger partial charge is 0.304 e. The predicted octanol–water partition coefficient (Wildman–Crippen LogP) is 4.10. The fourth-order valence-corrected chi connectivity index (χ4v) is 7.29. The molecule has 0 bridgehead atoms. The molecule has 4 aromatic rings. The summed E-state index contributed by atoms with van der Waals surface area (Å²) < 4.78 is 56.2. The molecule has 1 N–H and O–H groups in total. The summed E-state index contributed by atoms with van der Waals surface area (Å²) >= 11 is 6.59. The summed E-state index contributed by atoms with van der Waals surface area (Å²) in [6, 6.07) is 10.4. The van der Waals surface area contributed by atoms with E-state index >= 15 is 0 Å². The number of halogens is 2. The number of sulfonamides is 1. The largest absolute Gasteiger partial charge is 0.481 e. The number of pyridine rings is 1. The van der Waals surface area contributed by atoms with Gasteiger partial charge in [-0.25, -0.2) is 12.8 Å². The third kappa shape index (κ3) is 4.84. The van der Waals surface area contributed by atoms with Crippen molar-refractivity contribution in [3.8, 4) is 5.75 Å². The number of rotatable bonds is 6. The van der Waals surface area contributed by atoms with E-state index in [2.05, 4.69) is 10.2 Å². The van der Waals surface area contributed by atoms with Crippen molar-refractivity contribution in [1.29, 1.82) is 0 Å². The number of carboxylic acid groups (broad SMARTS) is 1. The van der Waals surface area contributed by atoms with Crippen LogP contribution < -0.4 is 4.74 Å². The Morgan fingerprint density at radius 3 is 2.66 bits per heavy atom. The minimum Gasteiger partial charge on any atom is -0.481 e. The molecule has 0 unspecified atom stereocenters. The molecule has 10 nitrogen and oxygen atoms in total. The van der Waals surface area contributed by atoms with Crippen LogP contribution in [0.1, 0.15) is 40.4 Å². The Kier molecular flexibility index (Phi) is 6.76. The Balaban J connectivity index is 1.41. The maximum absolute atomic E-state index is 14.2. The van der Waals surface area contributed by atoms with Crippen molar-refractivity contribution in [3.63, 3.8) is 0 Å². The number of hydrogen-bond acceptors (Lipinski definition) is 7. The van der Waals surface area contributed by atoms with Gasteiger partial charge >= 0.3 is 5.97 Å². The van der Waals surface area contributed by atoms with Crippen LogP contribution in [0.3, 0.4) is 0 Å². The van der Waals surface area contributed by atoms with Gasteiger partial charge in [-0.3, -0.25) is 9.20 Å². The molecule has 214 valence electrons. The Hall–Kier alpha value is -3.58. The number of aliphatic carboxylic acids is 1. The number of fused-ring (bicyclic) bond motifs is 2. The molecule has 0 aliphatic carbocycles. The lowest BCUT2D eigenvalue weighted by molar-refractivity contribution is -0.165. The summed E-state index contributed by atoms with van der Waals surface area (Å²) in [4.78, 5) is 11.7. The maximum Gasteiger partial charge on any atom is 0.304 e. The fourth-order valence-electron chi connectivity index (χ4n) is 5.49. The molecule has 1 saturated heterocycles. The lowest BCUT2D eigenvalue weighted by atomic mass is 9.86. The maximum atomic E-state index is 14.2. The Bertz CT molecular complexity index is 1810. The van der Waals surface area contributed by atoms with Crippen molar-refractivity contribution in [2.45, 2.75) is 43.2 Å². The molecule has 1 atom stereocenters. The Morgan fingerprint density at radius 1 is 1.17 bits per heavy atom. The van der Waals surface area contributed by atoms with Crippen LogP contribution in [0.4, 0.5) is 4.39 Å². The average molecular weight is 601 g/mol. The monoisotopic (exact) mass is 600 g/mol. The highest BCUT2D eigenvalue weighted by Crippen LogP contribution is 2.40. The average Bonchev–Trinajstić information content (AvgIpc) is 3.24. The fraction of sp³-hybridized carbons (Fsp3) is 0.321. The van der Waals surface area contributed by atoms with Crippen LogP contribution >= 0.6 is 11.6 Å². The number of ether oxygens (including phenoxy) is 2. The molecule has 1 fully saturated rings. The summed E-state index contributed by atoms with van der Waals surface area (Å²) in [5, 5.41) is 18.5. The second-order valence-corrected chi connectivity index (χ2v) is 12.8. The lowest BCUT2D eigenvalue weighted by Gasteiger charge is -2.41. The first-order chi connectivity index (χ1) is 19.5. The summed E-state index contributed by atoms with van der Waals surface area (Å²) in [5.41, 5.74) is 2.36. The number of benzene rings is 2. The number of aromatic nitrogens is 3. The highest BCUT2D eigenvalue weighted by atomic mass is 35.5. The van der Waals surface area contributed by atoms with Gasteiger partial charge in [-0.05, 0) is 66.4 Å². The molecular formula is C28H26ClFN4O6S. The normalized spacial score (nSPS) is 18.3. The van der Waals surface area contributed by atoms with Crippen LogP contribution in [0.15, 0.2) is 53.6 Å². The highest BCUT2D eigenvalue weighted by Gasteiger charge is 2.49. The van der Waals surface area contributed by atoms with Crippen molar-refractivity contribution in [3.05, 3.63) is 87.6 Å². The SMILES string of the molecule is Cc1c([C@@H](CC(=O)O)c2ccc(Cl)c(CN3CC4(COC4)Oc4ccc(F)cc4S3(=O)=O)c2)ccn2c(C)nnc12. The second-order valence-electron chi connectivity index (χ2n) is 10.5. The molecule has 2 aliphatic rings. The molecule has 0 radical (unpaired) electrons. The van der Waals surface area contributed by atoms with Crippen LogP contribution in [0.2, 0.25) is 5.02 Å². The van der Waals surface area contributed by atoms with Crippen LogP contribution in [0, 0.1) is 19.7 Å². The van der Waals surface area contributed by atoms with Crippen molar-refractivity contribution in [2.24, 2.45) is 0 Å². The van der Waals surface area contributed by atoms with E-state index in [4.69, 9.17) is 21.1 Å². The molecular weight excluding hydrogens is 575 g/mol. The first kappa shape index (κ1) is 27.6. The van der Waals surface area contributed by atoms with E-state index in [1.54, 1.807) is 24.4 Å². The van der Waals surface area contributed by atoms with Gasteiger partial charge in [0.2, 0.25) is 10.0 Å². The molecule has 0 saturated carbocycles. The minimum atomic E-state index is -4.19. The highest BCUT2D eigenvalue weighted by molar-refractivity contribution is 7.89. The Labute approximate surface area is 240 Å². The van der Waals surface area contributed by atoms with Crippen LogP contribution in [0.5, 0.6) is 5.75 Å². The van der Waals surface area contributed by atoms with E-state index < -0.39 is 33.3 Å². The zero-order chi connectivity index (χ0) is 29.1. The van der Waals surface area contributed by atoms with E-state index in [1.807, 2.05) is 24.3 Å². The number of hydrogen-bond donors (Lipinski definition) is 1. The van der Waals surface area contributed by atoms with Crippen molar-refractivity contribution < 1.29 is 32.2 Å². The van der Waals surface area contributed by atoms with Crippen LogP contribution in [-0.4, -0.2) is 63.8 Å². The third-order valence-corrected chi connectivity index (χ3v) is 9.84. The van der Waals surface area contributed by atoms with Gasteiger partial charge in [-0.15, -0.1) is 10.2 Å². The zero-order valence-corrected chi connectivity index (χ0v) is 23.7.